The van der Waals surface area contributed by atoms with Crippen LogP contribution in [0, 0.1) is 10.1 Å². The molecule has 0 saturated carbocycles. The van der Waals surface area contributed by atoms with Crippen molar-refractivity contribution in [3.8, 4) is 0 Å². The van der Waals surface area contributed by atoms with E-state index in [0.717, 1.165) is 57.1 Å². The highest BCUT2D eigenvalue weighted by Crippen LogP contribution is 2.37. The fourth-order valence-electron chi connectivity index (χ4n) is 4.72. The number of hydrogen-bond donors (Lipinski definition) is 1. The lowest BCUT2D eigenvalue weighted by molar-refractivity contribution is -0.388. The van der Waals surface area contributed by atoms with Crippen LogP contribution < -0.4 is 10.2 Å². The first-order valence-electron chi connectivity index (χ1n) is 12.1. The zero-order valence-corrected chi connectivity index (χ0v) is 20.8. The highest BCUT2D eigenvalue weighted by atomic mass is 35.5. The van der Waals surface area contributed by atoms with Crippen LogP contribution in [0.1, 0.15) is 24.8 Å². The van der Waals surface area contributed by atoms with Crippen LogP contribution in [0.25, 0.3) is 0 Å². The van der Waals surface area contributed by atoms with Gasteiger partial charge in [0.25, 0.3) is 5.69 Å². The number of anilines is 2. The van der Waals surface area contributed by atoms with E-state index in [-0.39, 0.29) is 17.6 Å². The number of carbonyl (C=O) groups excluding carboxylic acids is 1. The summed E-state index contributed by atoms with van der Waals surface area (Å²) in [6.45, 7) is 5.16. The lowest BCUT2D eigenvalue weighted by atomic mass is 10.1. The predicted octanol–water partition coefficient (Wildman–Crippen LogP) is 4.28. The fourth-order valence-corrected chi connectivity index (χ4v) is 4.83. The first kappa shape index (κ1) is 26.9. The molecule has 2 aromatic rings. The van der Waals surface area contributed by atoms with Gasteiger partial charge in [0.1, 0.15) is 11.4 Å². The van der Waals surface area contributed by atoms with Crippen molar-refractivity contribution in [3.63, 3.8) is 0 Å². The van der Waals surface area contributed by atoms with Crippen LogP contribution in [0.15, 0.2) is 36.5 Å². The highest BCUT2D eigenvalue weighted by Gasteiger charge is 2.38. The number of halogens is 4. The van der Waals surface area contributed by atoms with Gasteiger partial charge < -0.3 is 15.1 Å². The van der Waals surface area contributed by atoms with E-state index >= 15 is 0 Å². The Morgan fingerprint density at radius 3 is 2.57 bits per heavy atom. The van der Waals surface area contributed by atoms with Gasteiger partial charge in [0, 0.05) is 69.7 Å². The fraction of sp³-hybridized carbons (Fsp3) is 0.500. The summed E-state index contributed by atoms with van der Waals surface area (Å²) in [6.07, 6.45) is -1.48. The van der Waals surface area contributed by atoms with Crippen LogP contribution in [0.2, 0.25) is 5.02 Å². The highest BCUT2D eigenvalue weighted by molar-refractivity contribution is 6.30. The Morgan fingerprint density at radius 2 is 1.92 bits per heavy atom. The number of amides is 1. The Morgan fingerprint density at radius 1 is 1.16 bits per heavy atom. The molecule has 1 amide bonds. The SMILES string of the molecule is O=C(CCCN1CCN(c2ccc(Cl)cn2)CC1)N1CC[C@@H](Nc2ccc([N+](=O)[O-])c(C(F)(F)F)c2)C1. The number of likely N-dealkylation sites (tertiary alicyclic amines) is 1. The zero-order valence-electron chi connectivity index (χ0n) is 20.1. The third kappa shape index (κ3) is 7.01. The average molecular weight is 541 g/mol. The Bertz CT molecular complexity index is 1110. The van der Waals surface area contributed by atoms with E-state index in [4.69, 9.17) is 11.6 Å². The molecule has 200 valence electrons. The molecule has 3 heterocycles. The van der Waals surface area contributed by atoms with Gasteiger partial charge in [0.05, 0.1) is 9.95 Å². The summed E-state index contributed by atoms with van der Waals surface area (Å²) in [6, 6.07) is 6.39. The van der Waals surface area contributed by atoms with Gasteiger partial charge in [-0.3, -0.25) is 19.8 Å². The van der Waals surface area contributed by atoms with Crippen LogP contribution in [-0.2, 0) is 11.0 Å². The van der Waals surface area contributed by atoms with Crippen molar-refractivity contribution in [2.75, 3.05) is 56.0 Å². The number of nitrogens with zero attached hydrogens (tertiary/aromatic N) is 5. The van der Waals surface area contributed by atoms with Crippen LogP contribution in [-0.4, -0.2) is 77.5 Å². The maximum absolute atomic E-state index is 13.2. The van der Waals surface area contributed by atoms with Gasteiger partial charge in [-0.2, -0.15) is 13.2 Å². The summed E-state index contributed by atoms with van der Waals surface area (Å²) in [4.78, 5) is 33.2. The zero-order chi connectivity index (χ0) is 26.6. The Hall–Kier alpha value is -3.12. The molecule has 1 aromatic heterocycles. The molecule has 0 unspecified atom stereocenters. The summed E-state index contributed by atoms with van der Waals surface area (Å²) in [5, 5.41) is 14.5. The largest absolute Gasteiger partial charge is 0.423 e. The lowest BCUT2D eigenvalue weighted by Gasteiger charge is -2.35. The lowest BCUT2D eigenvalue weighted by Crippen LogP contribution is -2.47. The first-order valence-corrected chi connectivity index (χ1v) is 12.5. The molecule has 1 atom stereocenters. The van der Waals surface area contributed by atoms with E-state index < -0.39 is 22.4 Å². The van der Waals surface area contributed by atoms with Crippen molar-refractivity contribution < 1.29 is 22.9 Å². The second kappa shape index (κ2) is 11.5. The Balaban J connectivity index is 1.19. The molecule has 4 rings (SSSR count). The second-order valence-corrected chi connectivity index (χ2v) is 9.66. The van der Waals surface area contributed by atoms with Gasteiger partial charge in [-0.15, -0.1) is 0 Å². The molecule has 2 fully saturated rings. The molecule has 0 bridgehead atoms. The molecule has 1 aromatic carbocycles. The molecule has 2 aliphatic rings. The summed E-state index contributed by atoms with van der Waals surface area (Å²) >= 11 is 5.90. The molecular weight excluding hydrogens is 513 g/mol. The summed E-state index contributed by atoms with van der Waals surface area (Å²) in [5.41, 5.74) is -2.13. The number of aromatic nitrogens is 1. The van der Waals surface area contributed by atoms with Gasteiger partial charge in [-0.1, -0.05) is 11.6 Å². The maximum atomic E-state index is 13.2. The summed E-state index contributed by atoms with van der Waals surface area (Å²) in [7, 11) is 0. The topological polar surface area (TPSA) is 94.9 Å². The van der Waals surface area contributed by atoms with E-state index in [2.05, 4.69) is 20.1 Å². The smallest absolute Gasteiger partial charge is 0.380 e. The standard InChI is InChI=1S/C24H28ClF3N6O3/c25-17-3-6-22(29-15-17)32-12-10-31(11-13-32)8-1-2-23(35)33-9-7-19(16-33)30-18-4-5-21(34(36)37)20(14-18)24(26,27)28/h3-6,14-15,19,30H,1-2,7-13,16H2/t19-/m1/s1. The molecule has 13 heteroatoms. The van der Waals surface area contributed by atoms with Gasteiger partial charge in [0.15, 0.2) is 0 Å². The van der Waals surface area contributed by atoms with Crippen molar-refractivity contribution >= 4 is 34.7 Å². The minimum absolute atomic E-state index is 0.0213. The van der Waals surface area contributed by atoms with Crippen LogP contribution in [0.3, 0.4) is 0 Å². The number of nitrogens with one attached hydrogen (secondary N) is 1. The van der Waals surface area contributed by atoms with Crippen molar-refractivity contribution in [3.05, 3.63) is 57.2 Å². The molecule has 0 spiro atoms. The number of piperazine rings is 1. The molecular formula is C24H28ClF3N6O3. The number of nitro groups is 1. The van der Waals surface area contributed by atoms with E-state index in [9.17, 15) is 28.1 Å². The number of hydrogen-bond acceptors (Lipinski definition) is 7. The van der Waals surface area contributed by atoms with Gasteiger partial charge in [0.2, 0.25) is 5.91 Å². The maximum Gasteiger partial charge on any atom is 0.423 e. The molecule has 2 aliphatic heterocycles. The van der Waals surface area contributed by atoms with Crippen molar-refractivity contribution in [1.82, 2.24) is 14.8 Å². The molecule has 37 heavy (non-hydrogen) atoms. The van der Waals surface area contributed by atoms with Gasteiger partial charge in [-0.05, 0) is 43.7 Å². The minimum Gasteiger partial charge on any atom is -0.380 e. The van der Waals surface area contributed by atoms with Crippen LogP contribution in [0.4, 0.5) is 30.4 Å². The van der Waals surface area contributed by atoms with Gasteiger partial charge in [-0.25, -0.2) is 4.98 Å². The number of benzene rings is 1. The summed E-state index contributed by atoms with van der Waals surface area (Å²) < 4.78 is 39.7. The number of alkyl halides is 3. The van der Waals surface area contributed by atoms with E-state index in [1.165, 1.54) is 6.07 Å². The first-order chi connectivity index (χ1) is 17.6. The third-order valence-electron chi connectivity index (χ3n) is 6.68. The molecule has 2 saturated heterocycles. The van der Waals surface area contributed by atoms with Crippen molar-refractivity contribution in [1.29, 1.82) is 0 Å². The predicted molar refractivity (Wildman–Crippen MR) is 134 cm³/mol. The number of pyridine rings is 1. The quantitative estimate of drug-likeness (QED) is 0.394. The van der Waals surface area contributed by atoms with Gasteiger partial charge >= 0.3 is 6.18 Å². The van der Waals surface area contributed by atoms with Crippen molar-refractivity contribution in [2.24, 2.45) is 0 Å². The average Bonchev–Trinajstić information content (AvgIpc) is 3.33. The third-order valence-corrected chi connectivity index (χ3v) is 6.91. The summed E-state index contributed by atoms with van der Waals surface area (Å²) in [5.74, 6) is 0.924. The minimum atomic E-state index is -4.84. The number of nitro benzene ring substituents is 1. The Labute approximate surface area is 217 Å². The van der Waals surface area contributed by atoms with E-state index in [1.54, 1.807) is 11.1 Å². The molecule has 1 N–H and O–H groups in total. The van der Waals surface area contributed by atoms with E-state index in [1.807, 2.05) is 12.1 Å². The number of rotatable bonds is 8. The van der Waals surface area contributed by atoms with E-state index in [0.29, 0.717) is 31.0 Å². The monoisotopic (exact) mass is 540 g/mol. The molecule has 0 radical (unpaired) electrons. The van der Waals surface area contributed by atoms with Crippen LogP contribution >= 0.6 is 11.6 Å². The molecule has 0 aliphatic carbocycles. The second-order valence-electron chi connectivity index (χ2n) is 9.22. The van der Waals surface area contributed by atoms with Crippen molar-refractivity contribution in [2.45, 2.75) is 31.5 Å². The normalized spacial score (nSPS) is 18.8. The number of carbonyl (C=O) groups is 1. The van der Waals surface area contributed by atoms with Crippen LogP contribution in [0.5, 0.6) is 0 Å². The molecule has 9 nitrogen and oxygen atoms in total. The Kier molecular flexibility index (Phi) is 8.38.